The summed E-state index contributed by atoms with van der Waals surface area (Å²) >= 11 is 7.62. The Morgan fingerprint density at radius 2 is 1.57 bits per heavy atom. The number of carbonyl (C=O) groups is 1. The molecule has 0 aliphatic carbocycles. The third kappa shape index (κ3) is 9.48. The van der Waals surface area contributed by atoms with Gasteiger partial charge < -0.3 is 20.8 Å². The van der Waals surface area contributed by atoms with Crippen molar-refractivity contribution >= 4 is 35.0 Å². The number of nitrogens with two attached hydrogens (primary N) is 1. The van der Waals surface area contributed by atoms with Crippen LogP contribution >= 0.6 is 23.4 Å². The zero-order chi connectivity index (χ0) is 33.4. The fourth-order valence-electron chi connectivity index (χ4n) is 5.78. The van der Waals surface area contributed by atoms with Gasteiger partial charge in [0.2, 0.25) is 5.91 Å². The van der Waals surface area contributed by atoms with E-state index in [4.69, 9.17) is 22.1 Å². The monoisotopic (exact) mass is 684 g/mol. The van der Waals surface area contributed by atoms with Gasteiger partial charge in [-0.3, -0.25) is 14.5 Å². The number of rotatable bonds is 12. The number of hydrogen-bond donors (Lipinski definition) is 3. The number of benzene rings is 3. The second-order valence-electron chi connectivity index (χ2n) is 11.4. The average molecular weight is 685 g/mol. The maximum absolute atomic E-state index is 14.1. The highest BCUT2D eigenvalue weighted by Gasteiger charge is 2.40. The number of nitrogens with zero attached hydrogens (tertiary/aromatic N) is 1. The topological polar surface area (TPSA) is 100 Å². The van der Waals surface area contributed by atoms with E-state index < -0.39 is 36.1 Å². The van der Waals surface area contributed by atoms with Crippen molar-refractivity contribution in [2.24, 2.45) is 5.73 Å². The lowest BCUT2D eigenvalue weighted by atomic mass is 9.84. The van der Waals surface area contributed by atoms with Crippen molar-refractivity contribution in [3.63, 3.8) is 0 Å². The molecule has 1 saturated heterocycles. The third-order valence-corrected chi connectivity index (χ3v) is 9.36. The molecule has 0 unspecified atom stereocenters. The Balaban J connectivity index is 1.36. The molecule has 1 amide bonds. The molecule has 0 spiro atoms. The summed E-state index contributed by atoms with van der Waals surface area (Å²) in [6.45, 7) is -0.461. The molecule has 1 aromatic heterocycles. The number of halogens is 4. The molecule has 0 saturated carbocycles. The first-order chi connectivity index (χ1) is 22.6. The van der Waals surface area contributed by atoms with Crippen LogP contribution in [0, 0.1) is 0 Å². The molecule has 0 radical (unpaired) electrons. The summed E-state index contributed by atoms with van der Waals surface area (Å²) in [4.78, 5) is 31.3. The predicted octanol–water partition coefficient (Wildman–Crippen LogP) is 6.16. The molecule has 3 aromatic carbocycles. The second-order valence-corrected chi connectivity index (χ2v) is 12.9. The van der Waals surface area contributed by atoms with Gasteiger partial charge in [-0.25, -0.2) is 0 Å². The summed E-state index contributed by atoms with van der Waals surface area (Å²) < 4.78 is 48.5. The van der Waals surface area contributed by atoms with Gasteiger partial charge in [0.25, 0.3) is 5.56 Å². The normalized spacial score (nSPS) is 17.4. The Morgan fingerprint density at radius 1 is 0.957 bits per heavy atom. The number of aromatic nitrogens is 1. The number of pyridine rings is 1. The van der Waals surface area contributed by atoms with Crippen LogP contribution < -0.4 is 21.5 Å². The first kappa shape index (κ1) is 34.7. The van der Waals surface area contributed by atoms with E-state index in [1.54, 1.807) is 72.4 Å². The van der Waals surface area contributed by atoms with Crippen LogP contribution in [-0.4, -0.2) is 60.7 Å². The molecule has 4 N–H and O–H groups in total. The van der Waals surface area contributed by atoms with E-state index in [1.165, 1.54) is 12.3 Å². The quantitative estimate of drug-likeness (QED) is 0.155. The molecule has 1 fully saturated rings. The van der Waals surface area contributed by atoms with Crippen molar-refractivity contribution < 1.29 is 22.7 Å². The fraction of sp³-hybridized carbons (Fsp3) is 0.314. The van der Waals surface area contributed by atoms with Gasteiger partial charge in [0.15, 0.2) is 0 Å². The fourth-order valence-corrected chi connectivity index (χ4v) is 6.81. The molecular formula is C35H36ClF3N4O3S. The van der Waals surface area contributed by atoms with Crippen LogP contribution in [0.5, 0.6) is 0 Å². The van der Waals surface area contributed by atoms with Crippen LogP contribution in [-0.2, 0) is 16.0 Å². The van der Waals surface area contributed by atoms with E-state index in [0.29, 0.717) is 51.9 Å². The van der Waals surface area contributed by atoms with Crippen LogP contribution in [0.2, 0.25) is 5.02 Å². The van der Waals surface area contributed by atoms with E-state index in [0.717, 1.165) is 4.90 Å². The number of hydrogen-bond acceptors (Lipinski definition) is 6. The highest BCUT2D eigenvalue weighted by atomic mass is 35.5. The molecule has 1 aliphatic heterocycles. The number of aromatic amines is 1. The van der Waals surface area contributed by atoms with E-state index in [1.807, 2.05) is 24.3 Å². The summed E-state index contributed by atoms with van der Waals surface area (Å²) in [5.41, 5.74) is 7.03. The molecule has 0 bridgehead atoms. The minimum atomic E-state index is -4.80. The minimum Gasteiger partial charge on any atom is -0.371 e. The van der Waals surface area contributed by atoms with Crippen LogP contribution in [0.15, 0.2) is 107 Å². The molecule has 1 aliphatic rings. The molecular weight excluding hydrogens is 649 g/mol. The molecule has 2 heterocycles. The largest absolute Gasteiger partial charge is 0.406 e. The van der Waals surface area contributed by atoms with Crippen molar-refractivity contribution in [3.8, 4) is 0 Å². The zero-order valence-corrected chi connectivity index (χ0v) is 27.0. The lowest BCUT2D eigenvalue weighted by Crippen LogP contribution is -2.52. The van der Waals surface area contributed by atoms with Gasteiger partial charge in [0.1, 0.15) is 12.2 Å². The smallest absolute Gasteiger partial charge is 0.371 e. The molecule has 4 aromatic rings. The zero-order valence-electron chi connectivity index (χ0n) is 25.5. The van der Waals surface area contributed by atoms with Gasteiger partial charge in [0, 0.05) is 40.9 Å². The Kier molecular flexibility index (Phi) is 11.8. The Morgan fingerprint density at radius 3 is 2.19 bits per heavy atom. The standard InChI is InChI=1S/C35H36ClF3N4O3S/c36-26-12-15-29(16-13-26)47-21-28-20-41-19-27(46-28)14-11-25-17-18-42-33(44)32(25)43(22-35(37,38)39)34(45)31(40)30(23-7-3-1-4-8-23)24-9-5-2-6-10-24/h1-10,12-13,15-18,27-28,30-31,41H,11,14,19-22,40H2,(H,42,44)/t27-,28+,31+/m1/s1. The summed E-state index contributed by atoms with van der Waals surface area (Å²) in [5.74, 6) is -1.07. The maximum atomic E-state index is 14.1. The number of thioether (sulfide) groups is 1. The lowest BCUT2D eigenvalue weighted by Gasteiger charge is -2.32. The molecule has 5 rings (SSSR count). The first-order valence-corrected chi connectivity index (χ1v) is 16.6. The number of morpholine rings is 1. The van der Waals surface area contributed by atoms with Gasteiger partial charge in [-0.05, 0) is 59.9 Å². The first-order valence-electron chi connectivity index (χ1n) is 15.3. The molecule has 248 valence electrons. The van der Waals surface area contributed by atoms with E-state index in [2.05, 4.69) is 10.3 Å². The number of carbonyl (C=O) groups excluding carboxylic acids is 1. The number of amides is 1. The lowest BCUT2D eigenvalue weighted by molar-refractivity contribution is -0.133. The van der Waals surface area contributed by atoms with E-state index >= 15 is 0 Å². The molecule has 7 nitrogen and oxygen atoms in total. The molecule has 47 heavy (non-hydrogen) atoms. The van der Waals surface area contributed by atoms with Crippen molar-refractivity contribution in [2.45, 2.75) is 48.1 Å². The van der Waals surface area contributed by atoms with Crippen molar-refractivity contribution in [1.82, 2.24) is 10.3 Å². The summed E-state index contributed by atoms with van der Waals surface area (Å²) in [6, 6.07) is 25.5. The Labute approximate surface area is 280 Å². The van der Waals surface area contributed by atoms with Crippen LogP contribution in [0.3, 0.4) is 0 Å². The number of aryl methyl sites for hydroxylation is 1. The molecule has 12 heteroatoms. The Bertz CT molecular complexity index is 1620. The van der Waals surface area contributed by atoms with Crippen LogP contribution in [0.25, 0.3) is 0 Å². The predicted molar refractivity (Wildman–Crippen MR) is 180 cm³/mol. The number of nitrogens with one attached hydrogen (secondary N) is 2. The minimum absolute atomic E-state index is 0.0951. The van der Waals surface area contributed by atoms with Gasteiger partial charge >= 0.3 is 6.18 Å². The summed E-state index contributed by atoms with van der Waals surface area (Å²) in [7, 11) is 0. The average Bonchev–Trinajstić information content (AvgIpc) is 3.07. The number of H-pyrrole nitrogens is 1. The maximum Gasteiger partial charge on any atom is 0.406 e. The van der Waals surface area contributed by atoms with Gasteiger partial charge in [-0.1, -0.05) is 72.3 Å². The van der Waals surface area contributed by atoms with Crippen molar-refractivity contribution in [2.75, 3.05) is 30.3 Å². The van der Waals surface area contributed by atoms with Crippen LogP contribution in [0.1, 0.15) is 29.0 Å². The Hall–Kier alpha value is -3.61. The van der Waals surface area contributed by atoms with Crippen molar-refractivity contribution in [3.05, 3.63) is 129 Å². The number of ether oxygens (including phenoxy) is 1. The second kappa shape index (κ2) is 16.0. The highest BCUT2D eigenvalue weighted by Crippen LogP contribution is 2.31. The van der Waals surface area contributed by atoms with Crippen molar-refractivity contribution in [1.29, 1.82) is 0 Å². The highest BCUT2D eigenvalue weighted by molar-refractivity contribution is 7.99. The van der Waals surface area contributed by atoms with Gasteiger partial charge in [-0.15, -0.1) is 11.8 Å². The third-order valence-electron chi connectivity index (χ3n) is 7.97. The van der Waals surface area contributed by atoms with E-state index in [-0.39, 0.29) is 24.3 Å². The van der Waals surface area contributed by atoms with Crippen LogP contribution in [0.4, 0.5) is 18.9 Å². The number of anilines is 1. The van der Waals surface area contributed by atoms with Gasteiger partial charge in [-0.2, -0.15) is 13.2 Å². The summed E-state index contributed by atoms with van der Waals surface area (Å²) in [6.07, 6.45) is -3.14. The number of alkyl halides is 3. The summed E-state index contributed by atoms with van der Waals surface area (Å²) in [5, 5.41) is 4.03. The molecule has 3 atom stereocenters. The SMILES string of the molecule is N[C@H](C(=O)N(CC(F)(F)F)c1c(CC[C@@H]2CNC[C@@H](CSc3ccc(Cl)cc3)O2)cc[nH]c1=O)C(c1ccccc1)c1ccccc1. The van der Waals surface area contributed by atoms with Gasteiger partial charge in [0.05, 0.1) is 18.2 Å². The van der Waals surface area contributed by atoms with E-state index in [9.17, 15) is 22.8 Å².